The molecule has 166 valence electrons. The molecule has 0 saturated heterocycles. The van der Waals surface area contributed by atoms with E-state index in [-0.39, 0.29) is 0 Å². The van der Waals surface area contributed by atoms with Crippen molar-refractivity contribution in [2.45, 2.75) is 13.1 Å². The zero-order chi connectivity index (χ0) is 22.5. The normalized spacial score (nSPS) is 10.8. The number of rotatable bonds is 9. The molecule has 2 heterocycles. The van der Waals surface area contributed by atoms with Crippen LogP contribution in [0.4, 0.5) is 0 Å². The van der Waals surface area contributed by atoms with Gasteiger partial charge in [0, 0.05) is 13.1 Å². The van der Waals surface area contributed by atoms with Crippen LogP contribution in [0.15, 0.2) is 73.1 Å². The lowest BCUT2D eigenvalue weighted by Gasteiger charge is -2.16. The Morgan fingerprint density at radius 2 is 0.906 bits per heavy atom. The summed E-state index contributed by atoms with van der Waals surface area (Å²) in [6.07, 6.45) is 3.93. The van der Waals surface area contributed by atoms with Gasteiger partial charge in [-0.05, 0) is 11.1 Å². The summed E-state index contributed by atoms with van der Waals surface area (Å²) in [6, 6.07) is 20.6. The molecule has 6 nitrogen and oxygen atoms in total. The molecule has 0 spiro atoms. The van der Waals surface area contributed by atoms with Gasteiger partial charge in [-0.3, -0.25) is 0 Å². The molecule has 0 aliphatic carbocycles. The molecular formula is C26H28N2O4. The van der Waals surface area contributed by atoms with Gasteiger partial charge in [0.15, 0.2) is 23.0 Å². The molecule has 2 aromatic heterocycles. The summed E-state index contributed by atoms with van der Waals surface area (Å²) in [5.41, 5.74) is 4.07. The fourth-order valence-corrected chi connectivity index (χ4v) is 4.01. The Bertz CT molecular complexity index is 1070. The lowest BCUT2D eigenvalue weighted by atomic mass is 10.2. The second-order valence-corrected chi connectivity index (χ2v) is 7.39. The number of aromatic nitrogens is 2. The maximum absolute atomic E-state index is 5.83. The van der Waals surface area contributed by atoms with Gasteiger partial charge in [0.2, 0.25) is 0 Å². The van der Waals surface area contributed by atoms with Gasteiger partial charge in [-0.15, -0.1) is 0 Å². The van der Waals surface area contributed by atoms with E-state index in [1.165, 1.54) is 11.1 Å². The highest BCUT2D eigenvalue weighted by atomic mass is 16.5. The first-order chi connectivity index (χ1) is 15.7. The summed E-state index contributed by atoms with van der Waals surface area (Å²) in [5, 5.41) is 0. The standard InChI is InChI=1S/C26H28N2O4/c1-29-21-17-27(15-19-11-7-5-8-12-19)23(25(21)31-3)24-26(32-4)22(30-2)18-28(24)16-20-13-9-6-10-14-20/h5-14,17-18H,15-16H2,1-4H3. The van der Waals surface area contributed by atoms with E-state index in [1.54, 1.807) is 28.4 Å². The molecule has 6 heteroatoms. The number of hydrogen-bond donors (Lipinski definition) is 0. The van der Waals surface area contributed by atoms with Crippen molar-refractivity contribution < 1.29 is 18.9 Å². The minimum absolute atomic E-state index is 0.650. The summed E-state index contributed by atoms with van der Waals surface area (Å²) < 4.78 is 27.2. The Kier molecular flexibility index (Phi) is 6.40. The van der Waals surface area contributed by atoms with Gasteiger partial charge in [0.25, 0.3) is 0 Å². The average molecular weight is 433 g/mol. The van der Waals surface area contributed by atoms with Crippen LogP contribution in [0.5, 0.6) is 23.0 Å². The van der Waals surface area contributed by atoms with Crippen LogP contribution >= 0.6 is 0 Å². The Morgan fingerprint density at radius 1 is 0.531 bits per heavy atom. The summed E-state index contributed by atoms with van der Waals surface area (Å²) in [5.74, 6) is 2.62. The molecule has 32 heavy (non-hydrogen) atoms. The number of nitrogens with zero attached hydrogens (tertiary/aromatic N) is 2. The van der Waals surface area contributed by atoms with Crippen LogP contribution in [0.25, 0.3) is 11.4 Å². The minimum Gasteiger partial charge on any atom is -0.491 e. The van der Waals surface area contributed by atoms with Crippen LogP contribution in [0, 0.1) is 0 Å². The predicted molar refractivity (Wildman–Crippen MR) is 125 cm³/mol. The molecular weight excluding hydrogens is 404 g/mol. The monoisotopic (exact) mass is 432 g/mol. The molecule has 4 aromatic rings. The highest BCUT2D eigenvalue weighted by molar-refractivity contribution is 5.77. The van der Waals surface area contributed by atoms with Gasteiger partial charge in [-0.1, -0.05) is 60.7 Å². The maximum Gasteiger partial charge on any atom is 0.188 e. The molecule has 0 aliphatic rings. The van der Waals surface area contributed by atoms with Crippen LogP contribution in [0.2, 0.25) is 0 Å². The summed E-state index contributed by atoms with van der Waals surface area (Å²) in [7, 11) is 6.61. The summed E-state index contributed by atoms with van der Waals surface area (Å²) in [4.78, 5) is 0. The Balaban J connectivity index is 1.93. The third-order valence-electron chi connectivity index (χ3n) is 5.46. The molecule has 2 aromatic carbocycles. The van der Waals surface area contributed by atoms with Gasteiger partial charge in [0.1, 0.15) is 11.4 Å². The second kappa shape index (κ2) is 9.56. The first-order valence-electron chi connectivity index (χ1n) is 10.4. The Morgan fingerprint density at radius 3 is 1.22 bits per heavy atom. The van der Waals surface area contributed by atoms with Crippen molar-refractivity contribution >= 4 is 0 Å². The van der Waals surface area contributed by atoms with Gasteiger partial charge in [-0.25, -0.2) is 0 Å². The number of methoxy groups -OCH3 is 4. The lowest BCUT2D eigenvalue weighted by molar-refractivity contribution is 0.355. The smallest absolute Gasteiger partial charge is 0.188 e. The van der Waals surface area contributed by atoms with Crippen molar-refractivity contribution in [1.29, 1.82) is 0 Å². The van der Waals surface area contributed by atoms with Crippen molar-refractivity contribution in [2.75, 3.05) is 28.4 Å². The highest BCUT2D eigenvalue weighted by Gasteiger charge is 2.28. The molecule has 0 saturated carbocycles. The molecule has 0 N–H and O–H groups in total. The van der Waals surface area contributed by atoms with E-state index in [1.807, 2.05) is 48.8 Å². The Labute approximate surface area is 188 Å². The fourth-order valence-electron chi connectivity index (χ4n) is 4.01. The number of hydrogen-bond acceptors (Lipinski definition) is 4. The summed E-state index contributed by atoms with van der Waals surface area (Å²) >= 11 is 0. The van der Waals surface area contributed by atoms with Crippen molar-refractivity contribution in [2.24, 2.45) is 0 Å². The predicted octanol–water partition coefficient (Wildman–Crippen LogP) is 5.09. The zero-order valence-electron chi connectivity index (χ0n) is 18.9. The first-order valence-corrected chi connectivity index (χ1v) is 10.4. The number of benzene rings is 2. The van der Waals surface area contributed by atoms with Crippen LogP contribution in [-0.2, 0) is 13.1 Å². The first kappa shape index (κ1) is 21.4. The van der Waals surface area contributed by atoms with Crippen LogP contribution in [0.1, 0.15) is 11.1 Å². The largest absolute Gasteiger partial charge is 0.491 e. The highest BCUT2D eigenvalue weighted by Crippen LogP contribution is 2.48. The van der Waals surface area contributed by atoms with E-state index in [0.29, 0.717) is 36.1 Å². The van der Waals surface area contributed by atoms with Crippen LogP contribution in [-0.4, -0.2) is 37.6 Å². The topological polar surface area (TPSA) is 46.8 Å². The van der Waals surface area contributed by atoms with Gasteiger partial charge >= 0.3 is 0 Å². The van der Waals surface area contributed by atoms with Gasteiger partial charge < -0.3 is 28.1 Å². The zero-order valence-corrected chi connectivity index (χ0v) is 18.9. The SMILES string of the molecule is COc1cn(Cc2ccccc2)c(-c2c(OC)c(OC)cn2Cc2ccccc2)c1OC. The van der Waals surface area contributed by atoms with Crippen LogP contribution in [0.3, 0.4) is 0 Å². The van der Waals surface area contributed by atoms with Crippen LogP contribution < -0.4 is 18.9 Å². The van der Waals surface area contributed by atoms with E-state index in [4.69, 9.17) is 18.9 Å². The molecule has 0 radical (unpaired) electrons. The quantitative estimate of drug-likeness (QED) is 0.370. The molecule has 0 unspecified atom stereocenters. The van der Waals surface area contributed by atoms with Crippen molar-refractivity contribution in [3.05, 3.63) is 84.2 Å². The maximum atomic E-state index is 5.83. The van der Waals surface area contributed by atoms with E-state index in [9.17, 15) is 0 Å². The van der Waals surface area contributed by atoms with Gasteiger partial charge in [0.05, 0.1) is 40.8 Å². The number of ether oxygens (including phenoxy) is 4. The average Bonchev–Trinajstić information content (AvgIpc) is 3.36. The molecule has 0 bridgehead atoms. The van der Waals surface area contributed by atoms with Crippen molar-refractivity contribution in [3.63, 3.8) is 0 Å². The minimum atomic E-state index is 0.650. The van der Waals surface area contributed by atoms with E-state index in [2.05, 4.69) is 33.4 Å². The fraction of sp³-hybridized carbons (Fsp3) is 0.231. The molecule has 0 atom stereocenters. The Hall–Kier alpha value is -3.80. The van der Waals surface area contributed by atoms with Gasteiger partial charge in [-0.2, -0.15) is 0 Å². The van der Waals surface area contributed by atoms with Crippen molar-refractivity contribution in [1.82, 2.24) is 9.13 Å². The molecule has 0 fully saturated rings. The lowest BCUT2D eigenvalue weighted by Crippen LogP contribution is -2.07. The van der Waals surface area contributed by atoms with E-state index >= 15 is 0 Å². The van der Waals surface area contributed by atoms with E-state index < -0.39 is 0 Å². The van der Waals surface area contributed by atoms with Crippen molar-refractivity contribution in [3.8, 4) is 34.4 Å². The molecule has 4 rings (SSSR count). The molecule has 0 amide bonds. The third kappa shape index (κ3) is 4.04. The molecule has 0 aliphatic heterocycles. The summed E-state index contributed by atoms with van der Waals surface area (Å²) in [6.45, 7) is 1.30. The second-order valence-electron chi connectivity index (χ2n) is 7.39. The third-order valence-corrected chi connectivity index (χ3v) is 5.46. The van der Waals surface area contributed by atoms with E-state index in [0.717, 1.165) is 11.4 Å².